The predicted molar refractivity (Wildman–Crippen MR) is 49.1 cm³/mol. The van der Waals surface area contributed by atoms with Crippen LogP contribution in [-0.2, 0) is 9.53 Å². The standard InChI is InChI=1S/C9H17NO4/c1-9(2,3)8(13)14-6-4-5(11)7(12)10-6/h5-7,10-12H,4H2,1-3H3. The van der Waals surface area contributed by atoms with Crippen molar-refractivity contribution in [3.05, 3.63) is 0 Å². The molecule has 1 aliphatic heterocycles. The number of nitrogens with one attached hydrogen (secondary N) is 1. The fourth-order valence-electron chi connectivity index (χ4n) is 1.11. The van der Waals surface area contributed by atoms with Gasteiger partial charge in [-0.1, -0.05) is 0 Å². The molecule has 3 unspecified atom stereocenters. The van der Waals surface area contributed by atoms with E-state index in [0.29, 0.717) is 0 Å². The van der Waals surface area contributed by atoms with Crippen molar-refractivity contribution in [1.29, 1.82) is 0 Å². The highest BCUT2D eigenvalue weighted by Gasteiger charge is 2.35. The van der Waals surface area contributed by atoms with Crippen molar-refractivity contribution in [1.82, 2.24) is 5.32 Å². The number of hydrogen-bond donors (Lipinski definition) is 3. The molecule has 0 radical (unpaired) electrons. The third-order valence-electron chi connectivity index (χ3n) is 2.04. The van der Waals surface area contributed by atoms with Gasteiger partial charge < -0.3 is 14.9 Å². The summed E-state index contributed by atoms with van der Waals surface area (Å²) in [5.41, 5.74) is -0.569. The summed E-state index contributed by atoms with van der Waals surface area (Å²) in [6, 6.07) is 0. The highest BCUT2D eigenvalue weighted by Crippen LogP contribution is 2.19. The van der Waals surface area contributed by atoms with E-state index >= 15 is 0 Å². The molecule has 0 amide bonds. The van der Waals surface area contributed by atoms with Gasteiger partial charge in [-0.25, -0.2) is 0 Å². The van der Waals surface area contributed by atoms with Crippen molar-refractivity contribution in [3.63, 3.8) is 0 Å². The van der Waals surface area contributed by atoms with E-state index in [4.69, 9.17) is 9.84 Å². The Morgan fingerprint density at radius 2 is 2.00 bits per heavy atom. The average molecular weight is 203 g/mol. The largest absolute Gasteiger partial charge is 0.446 e. The van der Waals surface area contributed by atoms with Gasteiger partial charge in [0.05, 0.1) is 11.5 Å². The zero-order chi connectivity index (χ0) is 10.9. The predicted octanol–water partition coefficient (Wildman–Crippen LogP) is -0.426. The summed E-state index contributed by atoms with van der Waals surface area (Å²) in [5.74, 6) is -0.351. The van der Waals surface area contributed by atoms with Crippen LogP contribution in [-0.4, -0.2) is 34.7 Å². The fraction of sp³-hybridized carbons (Fsp3) is 0.889. The lowest BCUT2D eigenvalue weighted by Crippen LogP contribution is -2.37. The minimum atomic E-state index is -1.01. The number of carbonyl (C=O) groups excluding carboxylic acids is 1. The summed E-state index contributed by atoms with van der Waals surface area (Å²) in [4.78, 5) is 11.4. The Morgan fingerprint density at radius 3 is 2.36 bits per heavy atom. The van der Waals surface area contributed by atoms with Gasteiger partial charge in [-0.15, -0.1) is 0 Å². The zero-order valence-electron chi connectivity index (χ0n) is 8.65. The van der Waals surface area contributed by atoms with Crippen LogP contribution in [0.4, 0.5) is 0 Å². The molecular formula is C9H17NO4. The van der Waals surface area contributed by atoms with Gasteiger partial charge in [0.15, 0.2) is 6.23 Å². The molecule has 0 saturated carbocycles. The minimum absolute atomic E-state index is 0.225. The van der Waals surface area contributed by atoms with Crippen LogP contribution >= 0.6 is 0 Å². The lowest BCUT2D eigenvalue weighted by atomic mass is 9.97. The van der Waals surface area contributed by atoms with Crippen molar-refractivity contribution in [3.8, 4) is 0 Å². The molecule has 1 heterocycles. The Balaban J connectivity index is 2.44. The van der Waals surface area contributed by atoms with Crippen molar-refractivity contribution < 1.29 is 19.7 Å². The summed E-state index contributed by atoms with van der Waals surface area (Å²) in [7, 11) is 0. The fourth-order valence-corrected chi connectivity index (χ4v) is 1.11. The van der Waals surface area contributed by atoms with Crippen LogP contribution in [0.1, 0.15) is 27.2 Å². The second-order valence-electron chi connectivity index (χ2n) is 4.56. The first-order chi connectivity index (χ1) is 6.30. The van der Waals surface area contributed by atoms with Gasteiger partial charge >= 0.3 is 5.97 Å². The highest BCUT2D eigenvalue weighted by molar-refractivity contribution is 5.75. The maximum atomic E-state index is 11.4. The maximum Gasteiger partial charge on any atom is 0.312 e. The normalized spacial score (nSPS) is 33.1. The smallest absolute Gasteiger partial charge is 0.312 e. The van der Waals surface area contributed by atoms with Gasteiger partial charge in [-0.05, 0) is 20.8 Å². The molecule has 0 aromatic carbocycles. The number of aliphatic hydroxyl groups is 2. The lowest BCUT2D eigenvalue weighted by molar-refractivity contribution is -0.160. The number of aliphatic hydroxyl groups excluding tert-OH is 2. The molecule has 3 N–H and O–H groups in total. The highest BCUT2D eigenvalue weighted by atomic mass is 16.6. The third-order valence-corrected chi connectivity index (χ3v) is 2.04. The van der Waals surface area contributed by atoms with Gasteiger partial charge in [0.1, 0.15) is 6.23 Å². The van der Waals surface area contributed by atoms with Crippen molar-refractivity contribution in [2.75, 3.05) is 0 Å². The molecule has 5 heteroatoms. The molecular weight excluding hydrogens is 186 g/mol. The first-order valence-electron chi connectivity index (χ1n) is 4.64. The lowest BCUT2D eigenvalue weighted by Gasteiger charge is -2.20. The molecule has 1 fully saturated rings. The summed E-state index contributed by atoms with van der Waals surface area (Å²) < 4.78 is 5.05. The molecule has 5 nitrogen and oxygen atoms in total. The molecule has 1 rings (SSSR count). The number of esters is 1. The molecule has 0 aliphatic carbocycles. The first-order valence-corrected chi connectivity index (χ1v) is 4.64. The summed E-state index contributed by atoms with van der Waals surface area (Å²) in [6.07, 6.45) is -2.24. The van der Waals surface area contributed by atoms with Crippen LogP contribution in [0.2, 0.25) is 0 Å². The third kappa shape index (κ3) is 2.67. The van der Waals surface area contributed by atoms with Crippen LogP contribution in [0, 0.1) is 5.41 Å². The van der Waals surface area contributed by atoms with E-state index in [-0.39, 0.29) is 12.4 Å². The summed E-state index contributed by atoms with van der Waals surface area (Å²) in [5, 5.41) is 20.9. The monoisotopic (exact) mass is 203 g/mol. The van der Waals surface area contributed by atoms with Crippen LogP contribution < -0.4 is 5.32 Å². The molecule has 0 aromatic heterocycles. The Kier molecular flexibility index (Phi) is 3.14. The summed E-state index contributed by atoms with van der Waals surface area (Å²) in [6.45, 7) is 5.24. The minimum Gasteiger partial charge on any atom is -0.446 e. The van der Waals surface area contributed by atoms with E-state index in [1.165, 1.54) is 0 Å². The van der Waals surface area contributed by atoms with Gasteiger partial charge in [-0.2, -0.15) is 0 Å². The molecule has 0 aromatic rings. The molecule has 1 aliphatic rings. The van der Waals surface area contributed by atoms with Crippen molar-refractivity contribution >= 4 is 5.97 Å². The van der Waals surface area contributed by atoms with E-state index < -0.39 is 24.0 Å². The first kappa shape index (κ1) is 11.4. The van der Waals surface area contributed by atoms with Gasteiger partial charge in [0.25, 0.3) is 0 Å². The van der Waals surface area contributed by atoms with Crippen LogP contribution in [0.5, 0.6) is 0 Å². The van der Waals surface area contributed by atoms with Gasteiger partial charge in [0, 0.05) is 6.42 Å². The molecule has 1 saturated heterocycles. The molecule has 0 bridgehead atoms. The Hall–Kier alpha value is -0.650. The van der Waals surface area contributed by atoms with E-state index in [1.807, 2.05) is 0 Å². The molecule has 82 valence electrons. The van der Waals surface area contributed by atoms with Crippen molar-refractivity contribution in [2.45, 2.75) is 45.8 Å². The number of rotatable bonds is 1. The average Bonchev–Trinajstić information content (AvgIpc) is 2.29. The molecule has 3 atom stereocenters. The van der Waals surface area contributed by atoms with Crippen LogP contribution in [0.25, 0.3) is 0 Å². The van der Waals surface area contributed by atoms with E-state index in [2.05, 4.69) is 5.32 Å². The summed E-state index contributed by atoms with van der Waals surface area (Å²) >= 11 is 0. The molecule has 0 spiro atoms. The van der Waals surface area contributed by atoms with E-state index in [0.717, 1.165) is 0 Å². The molecule has 14 heavy (non-hydrogen) atoms. The second kappa shape index (κ2) is 3.84. The topological polar surface area (TPSA) is 78.8 Å². The van der Waals surface area contributed by atoms with Crippen LogP contribution in [0.15, 0.2) is 0 Å². The van der Waals surface area contributed by atoms with Crippen molar-refractivity contribution in [2.24, 2.45) is 5.41 Å². The van der Waals surface area contributed by atoms with Gasteiger partial charge in [0.2, 0.25) is 0 Å². The maximum absolute atomic E-state index is 11.4. The quantitative estimate of drug-likeness (QED) is 0.504. The number of carbonyl (C=O) groups is 1. The Morgan fingerprint density at radius 1 is 1.43 bits per heavy atom. The Labute approximate surface area is 83.1 Å². The van der Waals surface area contributed by atoms with Gasteiger partial charge in [-0.3, -0.25) is 10.1 Å². The van der Waals surface area contributed by atoms with E-state index in [9.17, 15) is 9.90 Å². The SMILES string of the molecule is CC(C)(C)C(=O)OC1CC(O)C(O)N1. The number of ether oxygens (including phenoxy) is 1. The zero-order valence-corrected chi connectivity index (χ0v) is 8.65. The van der Waals surface area contributed by atoms with E-state index in [1.54, 1.807) is 20.8 Å². The second-order valence-corrected chi connectivity index (χ2v) is 4.56. The number of hydrogen-bond acceptors (Lipinski definition) is 5. The Bertz CT molecular complexity index is 213. The van der Waals surface area contributed by atoms with Crippen LogP contribution in [0.3, 0.4) is 0 Å².